The Hall–Kier alpha value is -3.82. The van der Waals surface area contributed by atoms with Crippen LogP contribution in [0, 0.1) is 0 Å². The molecule has 0 atom stereocenters. The zero-order chi connectivity index (χ0) is 23.4. The number of carbonyl (C=O) groups is 1. The van der Waals surface area contributed by atoms with Crippen molar-refractivity contribution in [2.24, 2.45) is 0 Å². The maximum absolute atomic E-state index is 12.8. The van der Waals surface area contributed by atoms with Crippen molar-refractivity contribution in [1.29, 1.82) is 0 Å². The third-order valence-corrected chi connectivity index (χ3v) is 6.97. The molecule has 0 saturated carbocycles. The van der Waals surface area contributed by atoms with E-state index in [1.54, 1.807) is 18.2 Å². The first kappa shape index (κ1) is 22.4. The number of sulfonamides is 1. The molecule has 0 aliphatic heterocycles. The predicted molar refractivity (Wildman–Crippen MR) is 126 cm³/mol. The molecule has 1 aromatic heterocycles. The molecule has 0 fully saturated rings. The van der Waals surface area contributed by atoms with Crippen LogP contribution in [0.1, 0.15) is 5.56 Å². The number of benzene rings is 3. The van der Waals surface area contributed by atoms with Gasteiger partial charge in [-0.05, 0) is 35.9 Å². The van der Waals surface area contributed by atoms with E-state index in [0.29, 0.717) is 16.5 Å². The maximum Gasteiger partial charge on any atom is 0.275 e. The van der Waals surface area contributed by atoms with Crippen LogP contribution in [-0.4, -0.2) is 35.5 Å². The molecule has 0 aliphatic rings. The summed E-state index contributed by atoms with van der Waals surface area (Å²) in [4.78, 5) is 25.1. The smallest absolute Gasteiger partial charge is 0.275 e. The van der Waals surface area contributed by atoms with Gasteiger partial charge in [-0.25, -0.2) is 13.1 Å². The zero-order valence-electron chi connectivity index (χ0n) is 17.9. The number of aromatic nitrogens is 2. The van der Waals surface area contributed by atoms with Gasteiger partial charge in [0, 0.05) is 24.7 Å². The van der Waals surface area contributed by atoms with Crippen molar-refractivity contribution in [2.45, 2.75) is 18.0 Å². The molecule has 4 aromatic rings. The van der Waals surface area contributed by atoms with Crippen LogP contribution in [0.5, 0.6) is 0 Å². The molecule has 33 heavy (non-hydrogen) atoms. The van der Waals surface area contributed by atoms with E-state index >= 15 is 0 Å². The minimum Gasteiger partial charge on any atom is -0.324 e. The van der Waals surface area contributed by atoms with E-state index in [0.717, 1.165) is 10.2 Å². The fourth-order valence-corrected chi connectivity index (χ4v) is 4.55. The van der Waals surface area contributed by atoms with Crippen molar-refractivity contribution in [3.63, 3.8) is 0 Å². The normalized spacial score (nSPS) is 11.6. The molecule has 0 spiro atoms. The standard InChI is InChI=1S/C24H22N4O4S/c1-27(16-18-7-3-2-4-8-18)33(31,32)21-13-11-20(12-14-21)26-23(29)17-28-24(30)22-10-6-5-9-19(22)15-25-28/h2-15H,16-17H2,1H3,(H,26,29). The van der Waals surface area contributed by atoms with Crippen molar-refractivity contribution in [1.82, 2.24) is 14.1 Å². The first-order valence-corrected chi connectivity index (χ1v) is 11.6. The highest BCUT2D eigenvalue weighted by Gasteiger charge is 2.21. The Labute approximate surface area is 191 Å². The number of amides is 1. The predicted octanol–water partition coefficient (Wildman–Crippen LogP) is 2.86. The first-order valence-electron chi connectivity index (χ1n) is 10.2. The Balaban J connectivity index is 1.43. The van der Waals surface area contributed by atoms with Gasteiger partial charge in [0.05, 0.1) is 16.5 Å². The van der Waals surface area contributed by atoms with Crippen molar-refractivity contribution in [3.05, 3.63) is 101 Å². The number of nitrogens with zero attached hydrogens (tertiary/aromatic N) is 3. The second-order valence-electron chi connectivity index (χ2n) is 7.51. The Bertz CT molecular complexity index is 1450. The van der Waals surface area contributed by atoms with E-state index < -0.39 is 15.9 Å². The van der Waals surface area contributed by atoms with E-state index in [1.165, 1.54) is 41.8 Å². The van der Waals surface area contributed by atoms with Gasteiger partial charge in [0.2, 0.25) is 15.9 Å². The maximum atomic E-state index is 12.8. The number of hydrogen-bond acceptors (Lipinski definition) is 5. The lowest BCUT2D eigenvalue weighted by molar-refractivity contribution is -0.117. The molecule has 0 unspecified atom stereocenters. The zero-order valence-corrected chi connectivity index (χ0v) is 18.7. The summed E-state index contributed by atoms with van der Waals surface area (Å²) >= 11 is 0. The average molecular weight is 463 g/mol. The summed E-state index contributed by atoms with van der Waals surface area (Å²) in [5.74, 6) is -0.448. The quantitative estimate of drug-likeness (QED) is 0.455. The van der Waals surface area contributed by atoms with Crippen LogP contribution < -0.4 is 10.9 Å². The molecule has 1 N–H and O–H groups in total. The summed E-state index contributed by atoms with van der Waals surface area (Å²) in [6.45, 7) is -0.0152. The number of anilines is 1. The van der Waals surface area contributed by atoms with Gasteiger partial charge in [0.15, 0.2) is 0 Å². The van der Waals surface area contributed by atoms with E-state index in [1.807, 2.05) is 36.4 Å². The number of carbonyl (C=O) groups excluding carboxylic acids is 1. The number of nitrogens with one attached hydrogen (secondary N) is 1. The average Bonchev–Trinajstić information content (AvgIpc) is 2.82. The Morgan fingerprint density at radius 1 is 0.970 bits per heavy atom. The molecule has 168 valence electrons. The molecule has 0 saturated heterocycles. The van der Waals surface area contributed by atoms with Gasteiger partial charge in [-0.3, -0.25) is 9.59 Å². The summed E-state index contributed by atoms with van der Waals surface area (Å²) < 4.78 is 28.1. The second-order valence-corrected chi connectivity index (χ2v) is 9.56. The third-order valence-electron chi connectivity index (χ3n) is 5.15. The van der Waals surface area contributed by atoms with Gasteiger partial charge in [-0.2, -0.15) is 9.40 Å². The van der Waals surface area contributed by atoms with Gasteiger partial charge in [-0.15, -0.1) is 0 Å². The number of hydrogen-bond donors (Lipinski definition) is 1. The molecule has 0 radical (unpaired) electrons. The van der Waals surface area contributed by atoms with Crippen LogP contribution in [0.15, 0.2) is 94.7 Å². The van der Waals surface area contributed by atoms with Crippen LogP contribution in [0.25, 0.3) is 10.8 Å². The third kappa shape index (κ3) is 5.00. The van der Waals surface area contributed by atoms with E-state index in [-0.39, 0.29) is 23.5 Å². The van der Waals surface area contributed by atoms with Crippen LogP contribution in [0.3, 0.4) is 0 Å². The molecule has 0 aliphatic carbocycles. The SMILES string of the molecule is CN(Cc1ccccc1)S(=O)(=O)c1ccc(NC(=O)Cn2ncc3ccccc3c2=O)cc1. The summed E-state index contributed by atoms with van der Waals surface area (Å²) in [6.07, 6.45) is 1.54. The van der Waals surface area contributed by atoms with Crippen molar-refractivity contribution in [3.8, 4) is 0 Å². The fraction of sp³-hybridized carbons (Fsp3) is 0.125. The van der Waals surface area contributed by atoms with Crippen molar-refractivity contribution in [2.75, 3.05) is 12.4 Å². The Morgan fingerprint density at radius 3 is 2.36 bits per heavy atom. The largest absolute Gasteiger partial charge is 0.324 e. The summed E-state index contributed by atoms with van der Waals surface area (Å²) in [5, 5.41) is 7.90. The lowest BCUT2D eigenvalue weighted by Gasteiger charge is -2.17. The highest BCUT2D eigenvalue weighted by Crippen LogP contribution is 2.19. The Morgan fingerprint density at radius 2 is 1.64 bits per heavy atom. The molecule has 1 amide bonds. The van der Waals surface area contributed by atoms with Crippen molar-refractivity contribution >= 4 is 32.4 Å². The van der Waals surface area contributed by atoms with Crippen molar-refractivity contribution < 1.29 is 13.2 Å². The summed E-state index contributed by atoms with van der Waals surface area (Å²) in [6, 6.07) is 22.2. The molecule has 9 heteroatoms. The fourth-order valence-electron chi connectivity index (χ4n) is 3.39. The van der Waals surface area contributed by atoms with Gasteiger partial charge in [0.1, 0.15) is 6.54 Å². The van der Waals surface area contributed by atoms with E-state index in [9.17, 15) is 18.0 Å². The monoisotopic (exact) mass is 462 g/mol. The molecule has 4 rings (SSSR count). The van der Waals surface area contributed by atoms with Gasteiger partial charge in [-0.1, -0.05) is 48.5 Å². The van der Waals surface area contributed by atoms with Crippen LogP contribution in [-0.2, 0) is 27.9 Å². The molecular weight excluding hydrogens is 440 g/mol. The number of fused-ring (bicyclic) bond motifs is 1. The minimum atomic E-state index is -3.69. The second kappa shape index (κ2) is 9.35. The highest BCUT2D eigenvalue weighted by molar-refractivity contribution is 7.89. The van der Waals surface area contributed by atoms with Gasteiger partial charge in [0.25, 0.3) is 5.56 Å². The topological polar surface area (TPSA) is 101 Å². The van der Waals surface area contributed by atoms with E-state index in [2.05, 4.69) is 10.4 Å². The molecule has 8 nitrogen and oxygen atoms in total. The number of rotatable bonds is 7. The lowest BCUT2D eigenvalue weighted by atomic mass is 10.2. The first-order chi connectivity index (χ1) is 15.8. The van der Waals surface area contributed by atoms with Crippen LogP contribution >= 0.6 is 0 Å². The summed E-state index contributed by atoms with van der Waals surface area (Å²) in [7, 11) is -2.17. The van der Waals surface area contributed by atoms with Gasteiger partial charge >= 0.3 is 0 Å². The summed E-state index contributed by atoms with van der Waals surface area (Å²) in [5.41, 5.74) is 0.939. The molecule has 0 bridgehead atoms. The Kier molecular flexibility index (Phi) is 6.34. The highest BCUT2D eigenvalue weighted by atomic mass is 32.2. The molecule has 1 heterocycles. The minimum absolute atomic E-state index is 0.117. The van der Waals surface area contributed by atoms with Gasteiger partial charge < -0.3 is 5.32 Å². The lowest BCUT2D eigenvalue weighted by Crippen LogP contribution is -2.29. The van der Waals surface area contributed by atoms with E-state index in [4.69, 9.17) is 0 Å². The molecular formula is C24H22N4O4S. The van der Waals surface area contributed by atoms with Crippen LogP contribution in [0.4, 0.5) is 5.69 Å². The van der Waals surface area contributed by atoms with Crippen LogP contribution in [0.2, 0.25) is 0 Å². The molecule has 3 aromatic carbocycles.